The van der Waals surface area contributed by atoms with E-state index in [9.17, 15) is 44.6 Å². The summed E-state index contributed by atoms with van der Waals surface area (Å²) in [5.74, 6) is -1.41. The van der Waals surface area contributed by atoms with E-state index in [1.54, 1.807) is 19.2 Å². The summed E-state index contributed by atoms with van der Waals surface area (Å²) in [5.41, 5.74) is 0.214. The van der Waals surface area contributed by atoms with Crippen LogP contribution in [-0.4, -0.2) is 57.4 Å². The van der Waals surface area contributed by atoms with E-state index in [0.717, 1.165) is 12.1 Å². The van der Waals surface area contributed by atoms with Crippen molar-refractivity contribution in [3.8, 4) is 11.5 Å². The molecule has 5 rings (SSSR count). The minimum Gasteiger partial charge on any atom is -0.505 e. The first kappa shape index (κ1) is 33.4. The van der Waals surface area contributed by atoms with E-state index in [0.29, 0.717) is 11.1 Å². The molecule has 0 saturated heterocycles. The molecule has 0 radical (unpaired) electrons. The van der Waals surface area contributed by atoms with Crippen LogP contribution in [0.4, 0.5) is 28.4 Å². The number of nitrogens with zero attached hydrogens (tertiary/aromatic N) is 4. The highest BCUT2D eigenvalue weighted by atomic mass is 32.2. The van der Waals surface area contributed by atoms with Gasteiger partial charge >= 0.3 is 0 Å². The minimum absolute atomic E-state index is 0.00149. The number of anilines is 1. The fourth-order valence-corrected chi connectivity index (χ4v) is 7.11. The Bertz CT molecular complexity index is 2480. The summed E-state index contributed by atoms with van der Waals surface area (Å²) in [6, 6.07) is 15.9. The molecule has 0 aromatic heterocycles. The van der Waals surface area contributed by atoms with Gasteiger partial charge in [0.15, 0.2) is 21.3 Å². The molecule has 0 spiro atoms. The fourth-order valence-electron chi connectivity index (χ4n) is 4.72. The molecule has 5 aromatic rings. The van der Waals surface area contributed by atoms with Gasteiger partial charge in [0.1, 0.15) is 32.5 Å². The summed E-state index contributed by atoms with van der Waals surface area (Å²) >= 11 is 0. The van der Waals surface area contributed by atoms with Crippen LogP contribution in [0.15, 0.2) is 108 Å². The van der Waals surface area contributed by atoms with E-state index in [4.69, 9.17) is 0 Å². The average Bonchev–Trinajstić information content (AvgIpc) is 3.02. The number of hydrogen-bond acceptors (Lipinski definition) is 13. The number of rotatable bonds is 9. The highest BCUT2D eigenvalue weighted by Crippen LogP contribution is 2.45. The van der Waals surface area contributed by atoms with Crippen molar-refractivity contribution in [1.82, 2.24) is 0 Å². The summed E-state index contributed by atoms with van der Waals surface area (Å²) < 4.78 is 92.2. The van der Waals surface area contributed by atoms with E-state index in [-0.39, 0.29) is 55.3 Å². The number of aromatic hydroxyl groups is 2. The largest absolute Gasteiger partial charge is 0.505 e. The molecule has 0 amide bonds. The van der Waals surface area contributed by atoms with Crippen LogP contribution in [0.1, 0.15) is 6.92 Å². The van der Waals surface area contributed by atoms with Gasteiger partial charge in [0.2, 0.25) is 0 Å². The highest BCUT2D eigenvalue weighted by Gasteiger charge is 2.24. The third-order valence-corrected chi connectivity index (χ3v) is 10.6. The second-order valence-corrected chi connectivity index (χ2v) is 15.0. The zero-order valence-electron chi connectivity index (χ0n) is 24.4. The maximum atomic E-state index is 12.4. The average molecular weight is 700 g/mol. The Balaban J connectivity index is 1.60. The molecule has 5 aromatic carbocycles. The summed E-state index contributed by atoms with van der Waals surface area (Å²) in [7, 11) is -11.9. The SMILES string of the molecule is CCS(=O)(=O)c1cc(S(=O)(=O)O)c2c(O)c(/N=N/c3ccc4c(/N=N/c5ccccc5S(=O)(=O)O)c(NC)ccc4c3O)ccc2c1. The van der Waals surface area contributed by atoms with Crippen molar-refractivity contribution < 1.29 is 44.6 Å². The number of phenols is 2. The molecule has 0 aliphatic heterocycles. The Hall–Kier alpha value is -5.01. The Morgan fingerprint density at radius 3 is 1.89 bits per heavy atom. The molecule has 0 saturated carbocycles. The van der Waals surface area contributed by atoms with Gasteiger partial charge in [-0.25, -0.2) is 8.42 Å². The second-order valence-electron chi connectivity index (χ2n) is 9.91. The number of hydrogen-bond donors (Lipinski definition) is 5. The van der Waals surface area contributed by atoms with Gasteiger partial charge in [-0.3, -0.25) is 9.11 Å². The molecular formula is C29H25N5O10S3. The molecule has 15 nitrogen and oxygen atoms in total. The standard InChI is InChI=1S/C29H25N5O10S3/c1-3-45(37,38)17-14-16-8-11-23(29(36)26(16)25(15-17)47(42,43)44)33-32-22-13-9-18-19(28(22)35)10-12-21(30-2)27(18)34-31-20-6-4-5-7-24(20)46(39,40)41/h4-15,30,35-36H,3H2,1-2H3,(H,39,40,41)(H,42,43,44)/b33-32+,34-31+. The lowest BCUT2D eigenvalue weighted by atomic mass is 10.1. The summed E-state index contributed by atoms with van der Waals surface area (Å²) in [5, 5.41) is 41.4. The molecule has 0 unspecified atom stereocenters. The first-order valence-electron chi connectivity index (χ1n) is 13.4. The summed E-state index contributed by atoms with van der Waals surface area (Å²) in [6.07, 6.45) is 0. The monoisotopic (exact) mass is 699 g/mol. The van der Waals surface area contributed by atoms with Gasteiger partial charge < -0.3 is 15.5 Å². The molecule has 0 bridgehead atoms. The van der Waals surface area contributed by atoms with Gasteiger partial charge in [-0.1, -0.05) is 25.1 Å². The first-order chi connectivity index (χ1) is 22.1. The molecule has 47 heavy (non-hydrogen) atoms. The molecule has 0 fully saturated rings. The van der Waals surface area contributed by atoms with Crippen LogP contribution in [0.2, 0.25) is 0 Å². The lowest BCUT2D eigenvalue weighted by molar-refractivity contribution is 0.474. The van der Waals surface area contributed by atoms with Crippen LogP contribution < -0.4 is 5.32 Å². The highest BCUT2D eigenvalue weighted by molar-refractivity contribution is 7.91. The normalized spacial score (nSPS) is 12.9. The molecule has 0 heterocycles. The third kappa shape index (κ3) is 6.49. The molecule has 0 aliphatic rings. The van der Waals surface area contributed by atoms with Crippen molar-refractivity contribution >= 4 is 80.1 Å². The van der Waals surface area contributed by atoms with Gasteiger partial charge in [0.05, 0.1) is 16.3 Å². The van der Waals surface area contributed by atoms with Crippen LogP contribution >= 0.6 is 0 Å². The minimum atomic E-state index is -5.00. The zero-order chi connectivity index (χ0) is 34.3. The Morgan fingerprint density at radius 2 is 1.26 bits per heavy atom. The van der Waals surface area contributed by atoms with Crippen molar-refractivity contribution in [2.45, 2.75) is 21.6 Å². The van der Waals surface area contributed by atoms with E-state index in [1.165, 1.54) is 55.5 Å². The molecular weight excluding hydrogens is 675 g/mol. The third-order valence-electron chi connectivity index (χ3n) is 7.08. The number of benzene rings is 5. The summed E-state index contributed by atoms with van der Waals surface area (Å²) in [6.45, 7) is 1.37. The lowest BCUT2D eigenvalue weighted by Crippen LogP contribution is -2.07. The van der Waals surface area contributed by atoms with Crippen molar-refractivity contribution in [3.05, 3.63) is 72.8 Å². The number of nitrogens with one attached hydrogen (secondary N) is 1. The van der Waals surface area contributed by atoms with Gasteiger partial charge in [-0.05, 0) is 60.0 Å². The van der Waals surface area contributed by atoms with Crippen molar-refractivity contribution in [2.24, 2.45) is 20.5 Å². The Labute approximate surface area is 268 Å². The van der Waals surface area contributed by atoms with E-state index in [2.05, 4.69) is 25.8 Å². The molecule has 5 N–H and O–H groups in total. The van der Waals surface area contributed by atoms with Crippen molar-refractivity contribution in [3.63, 3.8) is 0 Å². The van der Waals surface area contributed by atoms with Gasteiger partial charge in [0, 0.05) is 23.2 Å². The molecule has 244 valence electrons. The summed E-state index contributed by atoms with van der Waals surface area (Å²) in [4.78, 5) is -1.66. The predicted molar refractivity (Wildman–Crippen MR) is 173 cm³/mol. The van der Waals surface area contributed by atoms with Crippen molar-refractivity contribution in [2.75, 3.05) is 18.1 Å². The molecule has 0 aliphatic carbocycles. The number of sulfone groups is 1. The van der Waals surface area contributed by atoms with Crippen LogP contribution in [0.25, 0.3) is 21.5 Å². The van der Waals surface area contributed by atoms with Crippen LogP contribution in [0.5, 0.6) is 11.5 Å². The smallest absolute Gasteiger partial charge is 0.296 e. The quantitative estimate of drug-likeness (QED) is 0.0814. The van der Waals surface area contributed by atoms with Gasteiger partial charge in [-0.2, -0.15) is 16.8 Å². The number of azo groups is 2. The van der Waals surface area contributed by atoms with E-state index >= 15 is 0 Å². The van der Waals surface area contributed by atoms with E-state index < -0.39 is 45.6 Å². The maximum Gasteiger partial charge on any atom is 0.296 e. The second kappa shape index (κ2) is 12.3. The van der Waals surface area contributed by atoms with Crippen molar-refractivity contribution in [1.29, 1.82) is 0 Å². The van der Waals surface area contributed by atoms with Crippen LogP contribution in [-0.2, 0) is 30.1 Å². The Kier molecular flexibility index (Phi) is 8.73. The number of fused-ring (bicyclic) bond motifs is 2. The lowest BCUT2D eigenvalue weighted by Gasteiger charge is -2.11. The molecule has 18 heteroatoms. The maximum absolute atomic E-state index is 12.4. The van der Waals surface area contributed by atoms with Crippen LogP contribution in [0.3, 0.4) is 0 Å². The topological polar surface area (TPSA) is 245 Å². The van der Waals surface area contributed by atoms with E-state index in [1.807, 2.05) is 0 Å². The van der Waals surface area contributed by atoms with Crippen LogP contribution in [0, 0.1) is 0 Å². The zero-order valence-corrected chi connectivity index (χ0v) is 26.8. The fraction of sp³-hybridized carbons (Fsp3) is 0.103. The first-order valence-corrected chi connectivity index (χ1v) is 18.0. The number of phenolic OH excluding ortho intramolecular Hbond substituents is 2. The molecule has 0 atom stereocenters. The van der Waals surface area contributed by atoms with Gasteiger partial charge in [-0.15, -0.1) is 20.5 Å². The Morgan fingerprint density at radius 1 is 0.660 bits per heavy atom. The predicted octanol–water partition coefficient (Wildman–Crippen LogP) is 6.56. The van der Waals surface area contributed by atoms with Gasteiger partial charge in [0.25, 0.3) is 20.2 Å².